The zero-order chi connectivity index (χ0) is 12.0. The van der Waals surface area contributed by atoms with Crippen LogP contribution in [0, 0.1) is 29.6 Å². The summed E-state index contributed by atoms with van der Waals surface area (Å²) in [6.45, 7) is 3.64. The second kappa shape index (κ2) is 5.04. The molecular formula is C12H12N4. The van der Waals surface area contributed by atoms with E-state index in [0.717, 1.165) is 5.56 Å². The molecule has 4 heteroatoms. The van der Waals surface area contributed by atoms with Crippen LogP contribution in [-0.4, -0.2) is 5.54 Å². The van der Waals surface area contributed by atoms with Crippen molar-refractivity contribution in [1.82, 2.24) is 0 Å². The van der Waals surface area contributed by atoms with Crippen molar-refractivity contribution < 1.29 is 0 Å². The Morgan fingerprint density at radius 1 is 1.25 bits per heavy atom. The van der Waals surface area contributed by atoms with E-state index in [0.29, 0.717) is 12.1 Å². The van der Waals surface area contributed by atoms with E-state index in [9.17, 15) is 0 Å². The maximum Gasteiger partial charge on any atom is 0.252 e. The van der Waals surface area contributed by atoms with Gasteiger partial charge in [-0.25, -0.2) is 0 Å². The lowest BCUT2D eigenvalue weighted by Crippen LogP contribution is -2.19. The minimum atomic E-state index is -1.36. The van der Waals surface area contributed by atoms with Gasteiger partial charge in [0.25, 0.3) is 5.54 Å². The molecule has 1 aromatic rings. The molecule has 4 nitrogen and oxygen atoms in total. The fourth-order valence-corrected chi connectivity index (χ4v) is 1.11. The molecule has 0 amide bonds. The van der Waals surface area contributed by atoms with Crippen LogP contribution in [0.15, 0.2) is 34.5 Å². The third-order valence-electron chi connectivity index (χ3n) is 2.33. The monoisotopic (exact) mass is 212 g/mol. The Labute approximate surface area is 94.9 Å². The van der Waals surface area contributed by atoms with Crippen molar-refractivity contribution in [2.45, 2.75) is 25.8 Å². The first-order valence-corrected chi connectivity index (χ1v) is 4.98. The van der Waals surface area contributed by atoms with Crippen LogP contribution < -0.4 is 0 Å². The SMILES string of the molecule is CCC(C#N)(C#N)N=Nc1ccccc1C. The highest BCUT2D eigenvalue weighted by atomic mass is 15.1. The van der Waals surface area contributed by atoms with Gasteiger partial charge in [-0.05, 0) is 25.0 Å². The normalized spacial score (nSPS) is 11.0. The van der Waals surface area contributed by atoms with E-state index in [4.69, 9.17) is 10.5 Å². The predicted molar refractivity (Wildman–Crippen MR) is 59.9 cm³/mol. The van der Waals surface area contributed by atoms with Crippen LogP contribution in [0.1, 0.15) is 18.9 Å². The Kier molecular flexibility index (Phi) is 3.74. The predicted octanol–water partition coefficient (Wildman–Crippen LogP) is 3.27. The van der Waals surface area contributed by atoms with E-state index in [1.807, 2.05) is 37.3 Å². The summed E-state index contributed by atoms with van der Waals surface area (Å²) >= 11 is 0. The van der Waals surface area contributed by atoms with Gasteiger partial charge in [0.05, 0.1) is 5.69 Å². The molecule has 0 aromatic heterocycles. The molecule has 0 spiro atoms. The number of hydrogen-bond acceptors (Lipinski definition) is 4. The van der Waals surface area contributed by atoms with Gasteiger partial charge in [-0.2, -0.15) is 20.8 Å². The summed E-state index contributed by atoms with van der Waals surface area (Å²) in [7, 11) is 0. The summed E-state index contributed by atoms with van der Waals surface area (Å²) in [5, 5.41) is 25.6. The summed E-state index contributed by atoms with van der Waals surface area (Å²) in [6.07, 6.45) is 0.329. The number of rotatable bonds is 3. The molecule has 0 heterocycles. The Hall–Kier alpha value is -2.20. The minimum Gasteiger partial charge on any atom is -0.194 e. The number of azo groups is 1. The summed E-state index contributed by atoms with van der Waals surface area (Å²) in [5.74, 6) is 0. The van der Waals surface area contributed by atoms with Gasteiger partial charge in [0.2, 0.25) is 0 Å². The van der Waals surface area contributed by atoms with E-state index in [1.165, 1.54) is 0 Å². The highest BCUT2D eigenvalue weighted by Gasteiger charge is 2.27. The molecule has 1 rings (SSSR count). The number of nitrogens with zero attached hydrogens (tertiary/aromatic N) is 4. The Morgan fingerprint density at radius 3 is 2.38 bits per heavy atom. The van der Waals surface area contributed by atoms with Gasteiger partial charge in [0.1, 0.15) is 12.1 Å². The second-order valence-corrected chi connectivity index (χ2v) is 3.42. The van der Waals surface area contributed by atoms with Crippen molar-refractivity contribution >= 4 is 5.69 Å². The molecule has 0 radical (unpaired) electrons. The Morgan fingerprint density at radius 2 is 1.88 bits per heavy atom. The van der Waals surface area contributed by atoms with Gasteiger partial charge in [-0.3, -0.25) is 0 Å². The quantitative estimate of drug-likeness (QED) is 0.721. The van der Waals surface area contributed by atoms with Crippen molar-refractivity contribution in [2.24, 2.45) is 10.2 Å². The number of nitriles is 2. The van der Waals surface area contributed by atoms with Crippen molar-refractivity contribution in [2.75, 3.05) is 0 Å². The minimum absolute atomic E-state index is 0.329. The lowest BCUT2D eigenvalue weighted by atomic mass is 10.0. The third-order valence-corrected chi connectivity index (χ3v) is 2.33. The zero-order valence-electron chi connectivity index (χ0n) is 9.31. The van der Waals surface area contributed by atoms with Crippen LogP contribution >= 0.6 is 0 Å². The smallest absolute Gasteiger partial charge is 0.194 e. The van der Waals surface area contributed by atoms with E-state index >= 15 is 0 Å². The highest BCUT2D eigenvalue weighted by molar-refractivity contribution is 5.44. The molecular weight excluding hydrogens is 200 g/mol. The van der Waals surface area contributed by atoms with Gasteiger partial charge >= 0.3 is 0 Å². The maximum atomic E-state index is 8.90. The number of hydrogen-bond donors (Lipinski definition) is 0. The van der Waals surface area contributed by atoms with E-state index in [-0.39, 0.29) is 0 Å². The Balaban J connectivity index is 3.03. The van der Waals surface area contributed by atoms with Crippen LogP contribution in [0.2, 0.25) is 0 Å². The van der Waals surface area contributed by atoms with Crippen LogP contribution in [0.3, 0.4) is 0 Å². The first-order valence-electron chi connectivity index (χ1n) is 4.98. The fourth-order valence-electron chi connectivity index (χ4n) is 1.11. The van der Waals surface area contributed by atoms with Crippen molar-refractivity contribution in [1.29, 1.82) is 10.5 Å². The van der Waals surface area contributed by atoms with E-state index in [1.54, 1.807) is 13.0 Å². The largest absolute Gasteiger partial charge is 0.252 e. The summed E-state index contributed by atoms with van der Waals surface area (Å²) < 4.78 is 0. The second-order valence-electron chi connectivity index (χ2n) is 3.42. The molecule has 0 saturated carbocycles. The van der Waals surface area contributed by atoms with Gasteiger partial charge < -0.3 is 0 Å². The number of benzene rings is 1. The molecule has 0 atom stereocenters. The average Bonchev–Trinajstić information content (AvgIpc) is 2.34. The van der Waals surface area contributed by atoms with Crippen molar-refractivity contribution in [3.63, 3.8) is 0 Å². The van der Waals surface area contributed by atoms with Crippen molar-refractivity contribution in [3.05, 3.63) is 29.8 Å². The average molecular weight is 212 g/mol. The number of aryl methyl sites for hydroxylation is 1. The molecule has 0 saturated heterocycles. The topological polar surface area (TPSA) is 72.3 Å². The molecule has 0 aliphatic rings. The first-order chi connectivity index (χ1) is 7.67. The standard InChI is InChI=1S/C12H12N4/c1-3-12(8-13,9-14)16-15-11-7-5-4-6-10(11)2/h4-7H,3H2,1-2H3. The zero-order valence-corrected chi connectivity index (χ0v) is 9.31. The molecule has 0 unspecified atom stereocenters. The van der Waals surface area contributed by atoms with E-state index in [2.05, 4.69) is 10.2 Å². The van der Waals surface area contributed by atoms with Crippen LogP contribution in [0.25, 0.3) is 0 Å². The fraction of sp³-hybridized carbons (Fsp3) is 0.333. The molecule has 16 heavy (non-hydrogen) atoms. The van der Waals surface area contributed by atoms with Crippen LogP contribution in [0.5, 0.6) is 0 Å². The van der Waals surface area contributed by atoms with Gasteiger partial charge in [0.15, 0.2) is 0 Å². The molecule has 0 aliphatic carbocycles. The molecule has 0 aliphatic heterocycles. The van der Waals surface area contributed by atoms with Gasteiger partial charge in [-0.15, -0.1) is 0 Å². The summed E-state index contributed by atoms with van der Waals surface area (Å²) in [5.41, 5.74) is 0.292. The summed E-state index contributed by atoms with van der Waals surface area (Å²) in [6, 6.07) is 11.2. The maximum absolute atomic E-state index is 8.90. The highest BCUT2D eigenvalue weighted by Crippen LogP contribution is 2.21. The summed E-state index contributed by atoms with van der Waals surface area (Å²) in [4.78, 5) is 0. The van der Waals surface area contributed by atoms with E-state index < -0.39 is 5.54 Å². The lowest BCUT2D eigenvalue weighted by Gasteiger charge is -2.07. The molecule has 0 N–H and O–H groups in total. The third kappa shape index (κ3) is 2.43. The lowest BCUT2D eigenvalue weighted by molar-refractivity contribution is 0.627. The van der Waals surface area contributed by atoms with Gasteiger partial charge in [0, 0.05) is 0 Å². The molecule has 80 valence electrons. The van der Waals surface area contributed by atoms with Crippen LogP contribution in [-0.2, 0) is 0 Å². The first kappa shape index (κ1) is 11.9. The van der Waals surface area contributed by atoms with Crippen molar-refractivity contribution in [3.8, 4) is 12.1 Å². The Bertz CT molecular complexity index is 463. The molecule has 0 bridgehead atoms. The van der Waals surface area contributed by atoms with Crippen LogP contribution in [0.4, 0.5) is 5.69 Å². The van der Waals surface area contributed by atoms with Gasteiger partial charge in [-0.1, -0.05) is 25.1 Å². The molecule has 1 aromatic carbocycles. The molecule has 0 fully saturated rings.